The molecule has 1 amide bonds. The SMILES string of the molecule is Nc1ccn(CC(=O)N2CCCCO2)n1. The fourth-order valence-corrected chi connectivity index (χ4v) is 1.48. The zero-order valence-electron chi connectivity index (χ0n) is 8.43. The van der Waals surface area contributed by atoms with Crippen molar-refractivity contribution in [3.63, 3.8) is 0 Å². The first kappa shape index (κ1) is 9.97. The van der Waals surface area contributed by atoms with E-state index in [1.165, 1.54) is 9.75 Å². The maximum atomic E-state index is 11.7. The molecule has 0 bridgehead atoms. The minimum Gasteiger partial charge on any atom is -0.382 e. The lowest BCUT2D eigenvalue weighted by atomic mass is 10.3. The smallest absolute Gasteiger partial charge is 0.267 e. The number of carbonyl (C=O) groups is 1. The Bertz CT molecular complexity index is 344. The fraction of sp³-hybridized carbons (Fsp3) is 0.556. The van der Waals surface area contributed by atoms with Crippen LogP contribution in [0, 0.1) is 0 Å². The molecule has 1 aliphatic heterocycles. The molecule has 6 nitrogen and oxygen atoms in total. The Balaban J connectivity index is 1.91. The number of nitrogens with zero attached hydrogens (tertiary/aromatic N) is 3. The van der Waals surface area contributed by atoms with Crippen LogP contribution in [0.25, 0.3) is 0 Å². The number of nitrogens with two attached hydrogens (primary N) is 1. The van der Waals surface area contributed by atoms with Crippen molar-refractivity contribution in [3.8, 4) is 0 Å². The lowest BCUT2D eigenvalue weighted by Gasteiger charge is -2.25. The Morgan fingerprint density at radius 1 is 1.60 bits per heavy atom. The van der Waals surface area contributed by atoms with Crippen molar-refractivity contribution in [1.82, 2.24) is 14.8 Å². The first-order chi connectivity index (χ1) is 7.25. The molecule has 1 aromatic heterocycles. The van der Waals surface area contributed by atoms with Gasteiger partial charge in [0.15, 0.2) is 0 Å². The van der Waals surface area contributed by atoms with Gasteiger partial charge in [-0.25, -0.2) is 5.06 Å². The van der Waals surface area contributed by atoms with Gasteiger partial charge in [-0.15, -0.1) is 0 Å². The second kappa shape index (κ2) is 4.31. The van der Waals surface area contributed by atoms with Crippen LogP contribution in [0.1, 0.15) is 12.8 Å². The molecule has 82 valence electrons. The molecule has 1 aromatic rings. The highest BCUT2D eigenvalue weighted by molar-refractivity contribution is 5.74. The van der Waals surface area contributed by atoms with Gasteiger partial charge in [0.2, 0.25) is 0 Å². The van der Waals surface area contributed by atoms with Crippen LogP contribution in [0.15, 0.2) is 12.3 Å². The third-order valence-corrected chi connectivity index (χ3v) is 2.24. The highest BCUT2D eigenvalue weighted by Crippen LogP contribution is 2.07. The molecule has 15 heavy (non-hydrogen) atoms. The summed E-state index contributed by atoms with van der Waals surface area (Å²) in [4.78, 5) is 16.9. The molecule has 2 heterocycles. The lowest BCUT2D eigenvalue weighted by Crippen LogP contribution is -2.37. The minimum absolute atomic E-state index is 0.0854. The Morgan fingerprint density at radius 3 is 3.07 bits per heavy atom. The van der Waals surface area contributed by atoms with E-state index >= 15 is 0 Å². The molecule has 0 spiro atoms. The first-order valence-corrected chi connectivity index (χ1v) is 4.98. The van der Waals surface area contributed by atoms with Crippen molar-refractivity contribution in [2.75, 3.05) is 18.9 Å². The average molecular weight is 210 g/mol. The highest BCUT2D eigenvalue weighted by atomic mass is 16.7. The fourth-order valence-electron chi connectivity index (χ4n) is 1.48. The summed E-state index contributed by atoms with van der Waals surface area (Å²) in [5, 5.41) is 5.34. The molecule has 0 aliphatic carbocycles. The van der Waals surface area contributed by atoms with Gasteiger partial charge in [0, 0.05) is 12.7 Å². The van der Waals surface area contributed by atoms with Gasteiger partial charge in [-0.2, -0.15) is 5.10 Å². The van der Waals surface area contributed by atoms with Gasteiger partial charge in [-0.3, -0.25) is 14.3 Å². The molecule has 2 N–H and O–H groups in total. The Labute approximate surface area is 87.6 Å². The second-order valence-electron chi connectivity index (χ2n) is 3.47. The number of hydroxylamine groups is 2. The molecule has 0 radical (unpaired) electrons. The summed E-state index contributed by atoms with van der Waals surface area (Å²) in [6.45, 7) is 1.46. The van der Waals surface area contributed by atoms with Gasteiger partial charge in [-0.1, -0.05) is 0 Å². The van der Waals surface area contributed by atoms with E-state index in [1.54, 1.807) is 12.3 Å². The van der Waals surface area contributed by atoms with Crippen molar-refractivity contribution in [3.05, 3.63) is 12.3 Å². The van der Waals surface area contributed by atoms with Gasteiger partial charge in [0.05, 0.1) is 6.61 Å². The van der Waals surface area contributed by atoms with Crippen LogP contribution in [-0.2, 0) is 16.2 Å². The zero-order chi connectivity index (χ0) is 10.7. The van der Waals surface area contributed by atoms with E-state index in [0.29, 0.717) is 19.0 Å². The van der Waals surface area contributed by atoms with Crippen LogP contribution in [0.2, 0.25) is 0 Å². The molecule has 1 saturated heterocycles. The van der Waals surface area contributed by atoms with Gasteiger partial charge in [-0.05, 0) is 18.9 Å². The Hall–Kier alpha value is -1.56. The van der Waals surface area contributed by atoms with Crippen LogP contribution in [0.5, 0.6) is 0 Å². The lowest BCUT2D eigenvalue weighted by molar-refractivity contribution is -0.197. The van der Waals surface area contributed by atoms with Crippen molar-refractivity contribution in [2.45, 2.75) is 19.4 Å². The topological polar surface area (TPSA) is 73.4 Å². The number of anilines is 1. The Morgan fingerprint density at radius 2 is 2.47 bits per heavy atom. The molecular formula is C9H14N4O2. The summed E-state index contributed by atoms with van der Waals surface area (Å²) in [6, 6.07) is 1.66. The standard InChI is InChI=1S/C9H14N4O2/c10-8-3-5-12(11-8)7-9(14)13-4-1-2-6-15-13/h3,5H,1-2,4,6-7H2,(H2,10,11). The molecule has 6 heteroatoms. The van der Waals surface area contributed by atoms with Gasteiger partial charge in [0.1, 0.15) is 12.4 Å². The summed E-state index contributed by atoms with van der Waals surface area (Å²) in [5.74, 6) is 0.333. The average Bonchev–Trinajstić information content (AvgIpc) is 2.65. The number of hydrogen-bond acceptors (Lipinski definition) is 4. The second-order valence-corrected chi connectivity index (χ2v) is 3.47. The van der Waals surface area contributed by atoms with Crippen molar-refractivity contribution < 1.29 is 9.63 Å². The predicted molar refractivity (Wildman–Crippen MR) is 53.5 cm³/mol. The van der Waals surface area contributed by atoms with E-state index in [9.17, 15) is 4.79 Å². The maximum Gasteiger partial charge on any atom is 0.267 e. The number of rotatable bonds is 2. The third-order valence-electron chi connectivity index (χ3n) is 2.24. The first-order valence-electron chi connectivity index (χ1n) is 4.98. The molecule has 2 rings (SSSR count). The van der Waals surface area contributed by atoms with E-state index in [4.69, 9.17) is 10.6 Å². The largest absolute Gasteiger partial charge is 0.382 e. The number of nitrogen functional groups attached to an aromatic ring is 1. The molecule has 0 aromatic carbocycles. The third kappa shape index (κ3) is 2.47. The zero-order valence-corrected chi connectivity index (χ0v) is 8.43. The predicted octanol–water partition coefficient (Wildman–Crippen LogP) is 0.0193. The minimum atomic E-state index is -0.0854. The molecule has 0 atom stereocenters. The van der Waals surface area contributed by atoms with E-state index < -0.39 is 0 Å². The highest BCUT2D eigenvalue weighted by Gasteiger charge is 2.17. The van der Waals surface area contributed by atoms with E-state index in [2.05, 4.69) is 5.10 Å². The monoisotopic (exact) mass is 210 g/mol. The number of carbonyl (C=O) groups excluding carboxylic acids is 1. The van der Waals surface area contributed by atoms with Crippen LogP contribution in [0.3, 0.4) is 0 Å². The summed E-state index contributed by atoms with van der Waals surface area (Å²) >= 11 is 0. The van der Waals surface area contributed by atoms with Gasteiger partial charge >= 0.3 is 0 Å². The molecular weight excluding hydrogens is 196 g/mol. The van der Waals surface area contributed by atoms with Crippen molar-refractivity contribution in [2.24, 2.45) is 0 Å². The van der Waals surface area contributed by atoms with Crippen LogP contribution in [0.4, 0.5) is 5.82 Å². The van der Waals surface area contributed by atoms with Crippen molar-refractivity contribution in [1.29, 1.82) is 0 Å². The quantitative estimate of drug-likeness (QED) is 0.746. The van der Waals surface area contributed by atoms with Crippen LogP contribution >= 0.6 is 0 Å². The Kier molecular flexibility index (Phi) is 2.86. The summed E-state index contributed by atoms with van der Waals surface area (Å²) in [7, 11) is 0. The van der Waals surface area contributed by atoms with Gasteiger partial charge in [0.25, 0.3) is 5.91 Å². The van der Waals surface area contributed by atoms with E-state index in [-0.39, 0.29) is 12.5 Å². The van der Waals surface area contributed by atoms with Gasteiger partial charge < -0.3 is 5.73 Å². The van der Waals surface area contributed by atoms with Crippen LogP contribution < -0.4 is 5.73 Å². The van der Waals surface area contributed by atoms with E-state index in [0.717, 1.165) is 12.8 Å². The summed E-state index contributed by atoms with van der Waals surface area (Å²) < 4.78 is 1.51. The number of aromatic nitrogens is 2. The van der Waals surface area contributed by atoms with Crippen molar-refractivity contribution >= 4 is 11.7 Å². The number of hydrogen-bond donors (Lipinski definition) is 1. The molecule has 1 aliphatic rings. The summed E-state index contributed by atoms with van der Waals surface area (Å²) in [5.41, 5.74) is 5.44. The number of amides is 1. The maximum absolute atomic E-state index is 11.7. The molecule has 1 fully saturated rings. The van der Waals surface area contributed by atoms with E-state index in [1.807, 2.05) is 0 Å². The summed E-state index contributed by atoms with van der Waals surface area (Å²) in [6.07, 6.45) is 3.68. The van der Waals surface area contributed by atoms with Crippen LogP contribution in [-0.4, -0.2) is 33.9 Å². The molecule has 0 unspecified atom stereocenters. The molecule has 0 saturated carbocycles. The normalized spacial score (nSPS) is 16.7.